The van der Waals surface area contributed by atoms with Crippen LogP contribution in [-0.2, 0) is 16.1 Å². The van der Waals surface area contributed by atoms with E-state index in [-0.39, 0.29) is 17.9 Å². The first-order valence-electron chi connectivity index (χ1n) is 6.29. The van der Waals surface area contributed by atoms with Crippen LogP contribution in [0.4, 0.5) is 0 Å². The van der Waals surface area contributed by atoms with E-state index in [0.717, 1.165) is 5.69 Å². The normalized spacial score (nSPS) is 10.5. The summed E-state index contributed by atoms with van der Waals surface area (Å²) in [6, 6.07) is 3.65. The highest BCUT2D eigenvalue weighted by Crippen LogP contribution is 2.02. The van der Waals surface area contributed by atoms with E-state index < -0.39 is 0 Å². The average Bonchev–Trinajstić information content (AvgIpc) is 2.81. The van der Waals surface area contributed by atoms with Crippen LogP contribution in [0.3, 0.4) is 0 Å². The van der Waals surface area contributed by atoms with E-state index in [0.29, 0.717) is 25.2 Å². The van der Waals surface area contributed by atoms with E-state index in [4.69, 9.17) is 0 Å². The van der Waals surface area contributed by atoms with Crippen molar-refractivity contribution in [3.05, 3.63) is 23.5 Å². The fourth-order valence-corrected chi connectivity index (χ4v) is 1.59. The minimum absolute atomic E-state index is 0.0317. The van der Waals surface area contributed by atoms with Crippen LogP contribution in [0.25, 0.3) is 0 Å². The molecule has 6 nitrogen and oxygen atoms in total. The number of nitrogens with one attached hydrogen (secondary N) is 3. The zero-order valence-corrected chi connectivity index (χ0v) is 11.6. The third kappa shape index (κ3) is 5.56. The number of carbonyl (C=O) groups excluding carboxylic acids is 2. The van der Waals surface area contributed by atoms with E-state index >= 15 is 0 Å². The monoisotopic (exact) mass is 267 g/mol. The largest absolute Gasteiger partial charge is 0.464 e. The molecule has 0 saturated heterocycles. The topological polar surface area (TPSA) is 83.2 Å². The summed E-state index contributed by atoms with van der Waals surface area (Å²) in [5.41, 5.74) is 1.31. The van der Waals surface area contributed by atoms with Gasteiger partial charge in [0.2, 0.25) is 5.91 Å². The Morgan fingerprint density at radius 1 is 1.37 bits per heavy atom. The van der Waals surface area contributed by atoms with Gasteiger partial charge in [0, 0.05) is 31.2 Å². The van der Waals surface area contributed by atoms with E-state index in [2.05, 4.69) is 20.4 Å². The molecule has 19 heavy (non-hydrogen) atoms. The van der Waals surface area contributed by atoms with Crippen molar-refractivity contribution in [3.63, 3.8) is 0 Å². The number of rotatable bonds is 7. The maximum Gasteiger partial charge on any atom is 0.354 e. The van der Waals surface area contributed by atoms with E-state index in [1.54, 1.807) is 6.07 Å². The van der Waals surface area contributed by atoms with Crippen molar-refractivity contribution in [3.8, 4) is 0 Å². The van der Waals surface area contributed by atoms with Crippen LogP contribution in [0.5, 0.6) is 0 Å². The zero-order chi connectivity index (χ0) is 14.3. The van der Waals surface area contributed by atoms with Gasteiger partial charge in [0.15, 0.2) is 0 Å². The van der Waals surface area contributed by atoms with Gasteiger partial charge in [-0.3, -0.25) is 4.79 Å². The molecule has 1 rings (SSSR count). The summed E-state index contributed by atoms with van der Waals surface area (Å²) in [4.78, 5) is 25.5. The first-order valence-corrected chi connectivity index (χ1v) is 6.29. The first-order chi connectivity index (χ1) is 9.02. The Morgan fingerprint density at radius 3 is 2.74 bits per heavy atom. The number of aromatic amines is 1. The maximum absolute atomic E-state index is 11.4. The van der Waals surface area contributed by atoms with Gasteiger partial charge in [-0.25, -0.2) is 4.79 Å². The molecular formula is C13H21N3O3. The lowest BCUT2D eigenvalue weighted by atomic mass is 10.3. The van der Waals surface area contributed by atoms with Gasteiger partial charge in [0.05, 0.1) is 7.11 Å². The standard InChI is InChI=1S/C13H21N3O3/c1-9(2)15-12(17)6-7-14-8-10-4-5-11(16-10)13(18)19-3/h4-5,9,14,16H,6-8H2,1-3H3,(H,15,17). The molecule has 0 aromatic carbocycles. The minimum atomic E-state index is -0.387. The van der Waals surface area contributed by atoms with E-state index in [1.165, 1.54) is 7.11 Å². The van der Waals surface area contributed by atoms with Gasteiger partial charge in [0.1, 0.15) is 5.69 Å². The number of H-pyrrole nitrogens is 1. The molecule has 1 aromatic heterocycles. The highest BCUT2D eigenvalue weighted by Gasteiger charge is 2.07. The molecule has 1 amide bonds. The second-order valence-corrected chi connectivity index (χ2v) is 4.54. The average molecular weight is 267 g/mol. The molecule has 0 atom stereocenters. The lowest BCUT2D eigenvalue weighted by molar-refractivity contribution is -0.121. The third-order valence-electron chi connectivity index (χ3n) is 2.45. The van der Waals surface area contributed by atoms with Gasteiger partial charge >= 0.3 is 5.97 Å². The summed E-state index contributed by atoms with van der Waals surface area (Å²) in [5.74, 6) is -0.355. The quantitative estimate of drug-likeness (QED) is 0.504. The Labute approximate surface area is 112 Å². The highest BCUT2D eigenvalue weighted by atomic mass is 16.5. The lowest BCUT2D eigenvalue weighted by Crippen LogP contribution is -2.32. The molecule has 0 bridgehead atoms. The number of aromatic nitrogens is 1. The molecule has 0 unspecified atom stereocenters. The minimum Gasteiger partial charge on any atom is -0.464 e. The van der Waals surface area contributed by atoms with Crippen LogP contribution in [-0.4, -0.2) is 36.6 Å². The number of methoxy groups -OCH3 is 1. The fraction of sp³-hybridized carbons (Fsp3) is 0.538. The van der Waals surface area contributed by atoms with Crippen molar-refractivity contribution in [2.75, 3.05) is 13.7 Å². The second kappa shape index (κ2) is 7.58. The van der Waals surface area contributed by atoms with Crippen LogP contribution in [0.1, 0.15) is 36.5 Å². The molecular weight excluding hydrogens is 246 g/mol. The summed E-state index contributed by atoms with van der Waals surface area (Å²) in [7, 11) is 1.34. The van der Waals surface area contributed by atoms with Crippen molar-refractivity contribution in [1.82, 2.24) is 15.6 Å². The van der Waals surface area contributed by atoms with Crippen LogP contribution in [0.2, 0.25) is 0 Å². The molecule has 0 saturated carbocycles. The molecule has 1 aromatic rings. The highest BCUT2D eigenvalue weighted by molar-refractivity contribution is 5.87. The summed E-state index contributed by atoms with van der Waals surface area (Å²) in [6.07, 6.45) is 0.433. The summed E-state index contributed by atoms with van der Waals surface area (Å²) in [6.45, 7) is 5.02. The Kier molecular flexibility index (Phi) is 6.08. The van der Waals surface area contributed by atoms with E-state index in [1.807, 2.05) is 19.9 Å². The summed E-state index contributed by atoms with van der Waals surface area (Å²) < 4.78 is 4.60. The molecule has 3 N–H and O–H groups in total. The lowest BCUT2D eigenvalue weighted by Gasteiger charge is -2.08. The van der Waals surface area contributed by atoms with Crippen molar-refractivity contribution >= 4 is 11.9 Å². The van der Waals surface area contributed by atoms with Gasteiger partial charge in [-0.1, -0.05) is 0 Å². The second-order valence-electron chi connectivity index (χ2n) is 4.54. The number of hydrogen-bond donors (Lipinski definition) is 3. The van der Waals surface area contributed by atoms with Crippen molar-refractivity contribution in [2.24, 2.45) is 0 Å². The number of esters is 1. The Balaban J connectivity index is 2.24. The van der Waals surface area contributed by atoms with E-state index in [9.17, 15) is 9.59 Å². The molecule has 0 spiro atoms. The smallest absolute Gasteiger partial charge is 0.354 e. The molecule has 0 radical (unpaired) electrons. The van der Waals surface area contributed by atoms with Gasteiger partial charge in [0.25, 0.3) is 0 Å². The van der Waals surface area contributed by atoms with Crippen molar-refractivity contribution in [1.29, 1.82) is 0 Å². The maximum atomic E-state index is 11.4. The van der Waals surface area contributed by atoms with Crippen LogP contribution in [0, 0.1) is 0 Å². The summed E-state index contributed by atoms with van der Waals surface area (Å²) in [5, 5.41) is 5.95. The molecule has 106 valence electrons. The van der Waals surface area contributed by atoms with Crippen LogP contribution < -0.4 is 10.6 Å². The first kappa shape index (κ1) is 15.2. The SMILES string of the molecule is COC(=O)c1ccc(CNCCC(=O)NC(C)C)[nH]1. The Morgan fingerprint density at radius 2 is 2.11 bits per heavy atom. The molecule has 0 aliphatic rings. The Hall–Kier alpha value is -1.82. The predicted octanol–water partition coefficient (Wildman–Crippen LogP) is 0.806. The van der Waals surface area contributed by atoms with Gasteiger partial charge in [-0.2, -0.15) is 0 Å². The number of amides is 1. The number of carbonyl (C=O) groups is 2. The molecule has 0 aliphatic carbocycles. The number of ether oxygens (including phenoxy) is 1. The van der Waals surface area contributed by atoms with Gasteiger partial charge < -0.3 is 20.4 Å². The van der Waals surface area contributed by atoms with Gasteiger partial charge in [-0.05, 0) is 26.0 Å². The summed E-state index contributed by atoms with van der Waals surface area (Å²) >= 11 is 0. The molecule has 0 aliphatic heterocycles. The van der Waals surface area contributed by atoms with Crippen molar-refractivity contribution in [2.45, 2.75) is 32.9 Å². The van der Waals surface area contributed by atoms with Crippen LogP contribution >= 0.6 is 0 Å². The molecule has 1 heterocycles. The van der Waals surface area contributed by atoms with Crippen LogP contribution in [0.15, 0.2) is 12.1 Å². The molecule has 6 heteroatoms. The predicted molar refractivity (Wildman–Crippen MR) is 71.7 cm³/mol. The fourth-order valence-electron chi connectivity index (χ4n) is 1.59. The van der Waals surface area contributed by atoms with Crippen molar-refractivity contribution < 1.29 is 14.3 Å². The molecule has 0 fully saturated rings. The zero-order valence-electron chi connectivity index (χ0n) is 11.6. The Bertz CT molecular complexity index is 427. The number of hydrogen-bond acceptors (Lipinski definition) is 4. The third-order valence-corrected chi connectivity index (χ3v) is 2.45. The van der Waals surface area contributed by atoms with Gasteiger partial charge in [-0.15, -0.1) is 0 Å².